The fourth-order valence-corrected chi connectivity index (χ4v) is 1.77. The van der Waals surface area contributed by atoms with Crippen molar-refractivity contribution in [1.29, 1.82) is 0 Å². The van der Waals surface area contributed by atoms with E-state index in [1.54, 1.807) is 6.92 Å². The zero-order valence-corrected chi connectivity index (χ0v) is 13.7. The quantitative estimate of drug-likeness (QED) is 0.342. The van der Waals surface area contributed by atoms with Gasteiger partial charge in [-0.15, -0.1) is 0 Å². The molecular formula is C17H34O3. The molecule has 0 aliphatic rings. The number of carbonyl (C=O) groups is 1. The van der Waals surface area contributed by atoms with Crippen LogP contribution in [0.2, 0.25) is 0 Å². The number of aliphatic hydroxyl groups is 1. The Bertz CT molecular complexity index is 214. The Hall–Kier alpha value is -0.830. The van der Waals surface area contributed by atoms with Crippen molar-refractivity contribution in [2.24, 2.45) is 0 Å². The van der Waals surface area contributed by atoms with E-state index in [-0.39, 0.29) is 5.97 Å². The minimum absolute atomic E-state index is 0.347. The minimum atomic E-state index is -0.347. The molecule has 1 N–H and O–H groups in total. The molecule has 0 amide bonds. The molecule has 3 nitrogen and oxygen atoms in total. The van der Waals surface area contributed by atoms with Gasteiger partial charge in [0.15, 0.2) is 0 Å². The van der Waals surface area contributed by atoms with Crippen molar-refractivity contribution < 1.29 is 14.6 Å². The lowest BCUT2D eigenvalue weighted by atomic mass is 10.1. The molecule has 20 heavy (non-hydrogen) atoms. The van der Waals surface area contributed by atoms with Gasteiger partial charge in [-0.2, -0.15) is 0 Å². The predicted octanol–water partition coefficient (Wildman–Crippen LogP) is 4.64. The third-order valence-electron chi connectivity index (χ3n) is 3.05. The van der Waals surface area contributed by atoms with E-state index >= 15 is 0 Å². The number of hydrogen-bond donors (Lipinski definition) is 1. The highest BCUT2D eigenvalue weighted by atomic mass is 16.5. The molecule has 0 rings (SSSR count). The summed E-state index contributed by atoms with van der Waals surface area (Å²) in [6.45, 7) is 7.58. The van der Waals surface area contributed by atoms with Gasteiger partial charge in [0, 0.05) is 12.2 Å². The van der Waals surface area contributed by atoms with Crippen LogP contribution in [0.25, 0.3) is 0 Å². The van der Waals surface area contributed by atoms with Crippen molar-refractivity contribution in [2.75, 3.05) is 13.7 Å². The number of rotatable bonds is 11. The molecule has 0 atom stereocenters. The van der Waals surface area contributed by atoms with Crippen LogP contribution >= 0.6 is 0 Å². The van der Waals surface area contributed by atoms with Gasteiger partial charge in [-0.25, -0.2) is 4.79 Å². The molecule has 0 radical (unpaired) electrons. The maximum absolute atomic E-state index is 10.2. The Labute approximate surface area is 125 Å². The van der Waals surface area contributed by atoms with Crippen LogP contribution in [-0.2, 0) is 9.53 Å². The number of unbranched alkanes of at least 4 members (excludes halogenated alkanes) is 9. The Morgan fingerprint density at radius 2 is 1.35 bits per heavy atom. The summed E-state index contributed by atoms with van der Waals surface area (Å²) in [5, 5.41) is 8.57. The molecule has 0 aromatic heterocycles. The largest absolute Gasteiger partial charge is 0.466 e. The summed E-state index contributed by atoms with van der Waals surface area (Å²) in [5.74, 6) is -0.347. The summed E-state index contributed by atoms with van der Waals surface area (Å²) in [5.41, 5.74) is 0.433. The summed E-state index contributed by atoms with van der Waals surface area (Å²) < 4.78 is 4.27. The highest BCUT2D eigenvalue weighted by Crippen LogP contribution is 2.09. The minimum Gasteiger partial charge on any atom is -0.466 e. The summed E-state index contributed by atoms with van der Waals surface area (Å²) in [6.07, 6.45) is 13.3. The first kappa shape index (κ1) is 21.5. The second-order valence-corrected chi connectivity index (χ2v) is 5.18. The molecule has 0 aliphatic heterocycles. The van der Waals surface area contributed by atoms with E-state index in [2.05, 4.69) is 18.2 Å². The zero-order chi connectivity index (χ0) is 15.6. The first-order chi connectivity index (χ1) is 9.59. The Morgan fingerprint density at radius 1 is 0.950 bits per heavy atom. The molecular weight excluding hydrogens is 252 g/mol. The molecule has 0 unspecified atom stereocenters. The van der Waals surface area contributed by atoms with Crippen LogP contribution in [0.5, 0.6) is 0 Å². The van der Waals surface area contributed by atoms with Crippen molar-refractivity contribution in [3.05, 3.63) is 12.2 Å². The molecule has 3 heteroatoms. The Balaban J connectivity index is 0. The van der Waals surface area contributed by atoms with Gasteiger partial charge in [0.1, 0.15) is 0 Å². The van der Waals surface area contributed by atoms with Crippen LogP contribution < -0.4 is 0 Å². The summed E-state index contributed by atoms with van der Waals surface area (Å²) >= 11 is 0. The Kier molecular flexibility index (Phi) is 19.5. The maximum Gasteiger partial charge on any atom is 0.332 e. The van der Waals surface area contributed by atoms with E-state index in [0.29, 0.717) is 12.2 Å². The average Bonchev–Trinajstić information content (AvgIpc) is 2.45. The lowest BCUT2D eigenvalue weighted by molar-refractivity contribution is -0.136. The molecule has 0 spiro atoms. The van der Waals surface area contributed by atoms with E-state index in [1.807, 2.05) is 0 Å². The molecule has 0 aromatic rings. The third kappa shape index (κ3) is 19.5. The fraction of sp³-hybridized carbons (Fsp3) is 0.824. The van der Waals surface area contributed by atoms with Gasteiger partial charge < -0.3 is 9.84 Å². The lowest BCUT2D eigenvalue weighted by Gasteiger charge is -2.00. The first-order valence-electron chi connectivity index (χ1n) is 7.94. The standard InChI is InChI=1S/C12H26O.C5H8O2/c1-2-3-4-5-6-7-8-9-10-11-12-13;1-4(2)5(6)7-3/h13H,2-12H2,1H3;1H2,2-3H3. The molecule has 0 saturated carbocycles. The number of aliphatic hydroxyl groups excluding tert-OH is 1. The van der Waals surface area contributed by atoms with Crippen molar-refractivity contribution in [3.8, 4) is 0 Å². The monoisotopic (exact) mass is 286 g/mol. The van der Waals surface area contributed by atoms with Crippen LogP contribution in [0.15, 0.2) is 12.2 Å². The number of ether oxygens (including phenoxy) is 1. The number of esters is 1. The first-order valence-corrected chi connectivity index (χ1v) is 7.94. The predicted molar refractivity (Wildman–Crippen MR) is 85.8 cm³/mol. The highest BCUT2D eigenvalue weighted by molar-refractivity contribution is 5.86. The van der Waals surface area contributed by atoms with Crippen molar-refractivity contribution in [3.63, 3.8) is 0 Å². The van der Waals surface area contributed by atoms with E-state index in [0.717, 1.165) is 6.42 Å². The molecule has 0 saturated heterocycles. The SMILES string of the molecule is C=C(C)C(=O)OC.CCCCCCCCCCCCO. The van der Waals surface area contributed by atoms with E-state index in [4.69, 9.17) is 5.11 Å². The second kappa shape index (κ2) is 18.2. The lowest BCUT2D eigenvalue weighted by Crippen LogP contribution is -1.98. The van der Waals surface area contributed by atoms with Gasteiger partial charge in [-0.1, -0.05) is 71.3 Å². The van der Waals surface area contributed by atoms with E-state index in [9.17, 15) is 4.79 Å². The summed E-state index contributed by atoms with van der Waals surface area (Å²) in [4.78, 5) is 10.2. The van der Waals surface area contributed by atoms with Crippen LogP contribution in [0.3, 0.4) is 0 Å². The van der Waals surface area contributed by atoms with Crippen molar-refractivity contribution in [2.45, 2.75) is 78.1 Å². The maximum atomic E-state index is 10.2. The number of carbonyl (C=O) groups excluding carboxylic acids is 1. The third-order valence-corrected chi connectivity index (χ3v) is 3.05. The number of hydrogen-bond acceptors (Lipinski definition) is 3. The van der Waals surface area contributed by atoms with E-state index in [1.165, 1.54) is 64.9 Å². The van der Waals surface area contributed by atoms with Crippen molar-refractivity contribution in [1.82, 2.24) is 0 Å². The molecule has 0 heterocycles. The van der Waals surface area contributed by atoms with Gasteiger partial charge in [0.05, 0.1) is 7.11 Å². The van der Waals surface area contributed by atoms with E-state index < -0.39 is 0 Å². The fourth-order valence-electron chi connectivity index (χ4n) is 1.77. The van der Waals surface area contributed by atoms with Gasteiger partial charge in [0.2, 0.25) is 0 Å². The van der Waals surface area contributed by atoms with Crippen LogP contribution in [0, 0.1) is 0 Å². The topological polar surface area (TPSA) is 46.5 Å². The zero-order valence-electron chi connectivity index (χ0n) is 13.7. The van der Waals surface area contributed by atoms with Gasteiger partial charge in [0.25, 0.3) is 0 Å². The number of methoxy groups -OCH3 is 1. The summed E-state index contributed by atoms with van der Waals surface area (Å²) in [7, 11) is 1.33. The van der Waals surface area contributed by atoms with Gasteiger partial charge in [-0.3, -0.25) is 0 Å². The van der Waals surface area contributed by atoms with Crippen LogP contribution in [0.4, 0.5) is 0 Å². The Morgan fingerprint density at radius 3 is 1.60 bits per heavy atom. The highest BCUT2D eigenvalue weighted by Gasteiger charge is 1.95. The van der Waals surface area contributed by atoms with Crippen LogP contribution in [0.1, 0.15) is 78.1 Å². The summed E-state index contributed by atoms with van der Waals surface area (Å²) in [6, 6.07) is 0. The molecule has 0 aliphatic carbocycles. The smallest absolute Gasteiger partial charge is 0.332 e. The second-order valence-electron chi connectivity index (χ2n) is 5.18. The normalized spacial score (nSPS) is 9.60. The van der Waals surface area contributed by atoms with Crippen LogP contribution in [-0.4, -0.2) is 24.8 Å². The molecule has 0 aromatic carbocycles. The molecule has 0 fully saturated rings. The van der Waals surface area contributed by atoms with Gasteiger partial charge >= 0.3 is 5.97 Å². The molecule has 0 bridgehead atoms. The average molecular weight is 286 g/mol. The molecule has 120 valence electrons. The van der Waals surface area contributed by atoms with Gasteiger partial charge in [-0.05, 0) is 13.3 Å². The van der Waals surface area contributed by atoms with Crippen molar-refractivity contribution >= 4 is 5.97 Å².